The monoisotopic (exact) mass is 239 g/mol. The molecule has 0 N–H and O–H groups in total. The summed E-state index contributed by atoms with van der Waals surface area (Å²) in [6, 6.07) is 6.20. The second-order valence-corrected chi connectivity index (χ2v) is 3.63. The Morgan fingerprint density at radius 1 is 1.41 bits per heavy atom. The number of hydrogen-bond donors (Lipinski definition) is 0. The molecule has 1 rings (SSSR count). The molecule has 1 atom stereocenters. The van der Waals surface area contributed by atoms with Crippen molar-refractivity contribution in [1.82, 2.24) is 0 Å². The van der Waals surface area contributed by atoms with Gasteiger partial charge in [-0.1, -0.05) is 33.3 Å². The lowest BCUT2D eigenvalue weighted by atomic mass is 10.1. The maximum absolute atomic E-state index is 13.0. The van der Waals surface area contributed by atoms with E-state index in [9.17, 15) is 9.18 Å². The van der Waals surface area contributed by atoms with Crippen molar-refractivity contribution in [1.29, 1.82) is 0 Å². The summed E-state index contributed by atoms with van der Waals surface area (Å²) < 4.78 is 13.0. The molecule has 0 aliphatic heterocycles. The summed E-state index contributed by atoms with van der Waals surface area (Å²) in [7, 11) is 0. The molecule has 1 aromatic carbocycles. The molecule has 0 radical (unpaired) electrons. The van der Waals surface area contributed by atoms with Crippen LogP contribution in [0.4, 0.5) is 10.1 Å². The number of nitrogens with zero attached hydrogens (tertiary/aromatic N) is 1. The van der Waals surface area contributed by atoms with Crippen molar-refractivity contribution in [2.45, 2.75) is 46.6 Å². The second-order valence-electron chi connectivity index (χ2n) is 3.63. The fourth-order valence-electron chi connectivity index (χ4n) is 1.61. The van der Waals surface area contributed by atoms with Crippen LogP contribution < -0.4 is 4.90 Å². The molecular formula is C14H22FNO. The first-order valence-corrected chi connectivity index (χ1v) is 6.18. The van der Waals surface area contributed by atoms with Gasteiger partial charge in [0, 0.05) is 11.7 Å². The number of benzene rings is 1. The minimum atomic E-state index is -0.317. The molecule has 1 amide bonds. The number of amides is 1. The topological polar surface area (TPSA) is 20.3 Å². The molecule has 0 aliphatic rings. The molecule has 2 nitrogen and oxygen atoms in total. The van der Waals surface area contributed by atoms with E-state index in [0.29, 0.717) is 5.69 Å². The van der Waals surface area contributed by atoms with Gasteiger partial charge in [-0.3, -0.25) is 4.79 Å². The lowest BCUT2D eigenvalue weighted by Gasteiger charge is -2.24. The fourth-order valence-corrected chi connectivity index (χ4v) is 1.61. The summed E-state index contributed by atoms with van der Waals surface area (Å²) in [5.41, 5.74) is 0.617. The van der Waals surface area contributed by atoms with Crippen molar-refractivity contribution in [3.05, 3.63) is 30.1 Å². The molecule has 0 bridgehead atoms. The lowest BCUT2D eigenvalue weighted by Crippen LogP contribution is -2.31. The summed E-state index contributed by atoms with van der Waals surface area (Å²) in [5.74, 6) is -0.317. The molecule has 0 saturated carbocycles. The molecule has 1 unspecified atom stereocenters. The van der Waals surface area contributed by atoms with Gasteiger partial charge in [-0.25, -0.2) is 4.39 Å². The normalized spacial score (nSPS) is 11.1. The molecule has 0 aromatic heterocycles. The van der Waals surface area contributed by atoms with Gasteiger partial charge in [0.05, 0.1) is 0 Å². The predicted molar refractivity (Wildman–Crippen MR) is 70.7 cm³/mol. The van der Waals surface area contributed by atoms with Gasteiger partial charge in [-0.05, 0) is 31.5 Å². The van der Waals surface area contributed by atoms with Gasteiger partial charge < -0.3 is 4.90 Å². The number of anilines is 1. The minimum Gasteiger partial charge on any atom is -0.312 e. The van der Waals surface area contributed by atoms with E-state index in [1.807, 2.05) is 20.8 Å². The Labute approximate surface area is 103 Å². The molecule has 0 heterocycles. The number of rotatable bonds is 5. The van der Waals surface area contributed by atoms with Crippen molar-refractivity contribution in [2.75, 3.05) is 4.90 Å². The Morgan fingerprint density at radius 2 is 2.06 bits per heavy atom. The molecule has 3 heteroatoms. The van der Waals surface area contributed by atoms with Crippen LogP contribution >= 0.6 is 0 Å². The van der Waals surface area contributed by atoms with Crippen LogP contribution in [0.1, 0.15) is 40.5 Å². The summed E-state index contributed by atoms with van der Waals surface area (Å²) in [6.07, 6.45) is 2.67. The Hall–Kier alpha value is -1.38. The standard InChI is InChI=1S/C12H16FNO.C2H6/c1-3-5-10(2)14(9-15)12-7-4-6-11(13)8-12;1-2/h4,6-10H,3,5H2,1-2H3;1-2H3. The van der Waals surface area contributed by atoms with E-state index in [1.165, 1.54) is 12.1 Å². The van der Waals surface area contributed by atoms with E-state index in [0.717, 1.165) is 19.3 Å². The first kappa shape index (κ1) is 15.6. The van der Waals surface area contributed by atoms with Crippen LogP contribution in [0.15, 0.2) is 24.3 Å². The zero-order valence-electron chi connectivity index (χ0n) is 11.1. The van der Waals surface area contributed by atoms with Crippen LogP contribution in [-0.2, 0) is 4.79 Å². The van der Waals surface area contributed by atoms with E-state index in [1.54, 1.807) is 17.0 Å². The predicted octanol–water partition coefficient (Wildman–Crippen LogP) is 4.00. The number of hydrogen-bond acceptors (Lipinski definition) is 1. The summed E-state index contributed by atoms with van der Waals surface area (Å²) in [4.78, 5) is 12.5. The number of carbonyl (C=O) groups excluding carboxylic acids is 1. The van der Waals surface area contributed by atoms with Gasteiger partial charge >= 0.3 is 0 Å². The fraction of sp³-hybridized carbons (Fsp3) is 0.500. The Balaban J connectivity index is 0.00000121. The third-order valence-corrected chi connectivity index (χ3v) is 2.40. The highest BCUT2D eigenvalue weighted by Gasteiger charge is 2.12. The largest absolute Gasteiger partial charge is 0.312 e. The van der Waals surface area contributed by atoms with Crippen molar-refractivity contribution < 1.29 is 9.18 Å². The highest BCUT2D eigenvalue weighted by molar-refractivity contribution is 5.75. The average Bonchev–Trinajstić information content (AvgIpc) is 2.33. The molecule has 0 aliphatic carbocycles. The van der Waals surface area contributed by atoms with Crippen LogP contribution in [0, 0.1) is 5.82 Å². The van der Waals surface area contributed by atoms with Crippen LogP contribution in [-0.4, -0.2) is 12.5 Å². The second kappa shape index (κ2) is 8.74. The van der Waals surface area contributed by atoms with Crippen LogP contribution in [0.3, 0.4) is 0 Å². The first-order chi connectivity index (χ1) is 8.19. The number of halogens is 1. The van der Waals surface area contributed by atoms with Crippen molar-refractivity contribution in [3.8, 4) is 0 Å². The van der Waals surface area contributed by atoms with Crippen LogP contribution in [0.2, 0.25) is 0 Å². The minimum absolute atomic E-state index is 0.106. The van der Waals surface area contributed by atoms with Crippen molar-refractivity contribution in [2.24, 2.45) is 0 Å². The summed E-state index contributed by atoms with van der Waals surface area (Å²) in [6.45, 7) is 8.02. The molecule has 96 valence electrons. The van der Waals surface area contributed by atoms with E-state index in [-0.39, 0.29) is 11.9 Å². The molecule has 0 saturated heterocycles. The third-order valence-electron chi connectivity index (χ3n) is 2.40. The third kappa shape index (κ3) is 4.98. The van der Waals surface area contributed by atoms with Gasteiger partial charge in [0.15, 0.2) is 0 Å². The van der Waals surface area contributed by atoms with E-state index < -0.39 is 0 Å². The zero-order chi connectivity index (χ0) is 13.3. The zero-order valence-corrected chi connectivity index (χ0v) is 11.1. The Morgan fingerprint density at radius 3 is 2.53 bits per heavy atom. The van der Waals surface area contributed by atoms with Crippen LogP contribution in [0.25, 0.3) is 0 Å². The smallest absolute Gasteiger partial charge is 0.214 e. The SMILES string of the molecule is CC.CCCC(C)N(C=O)c1cccc(F)c1. The van der Waals surface area contributed by atoms with Gasteiger partial charge in [-0.2, -0.15) is 0 Å². The van der Waals surface area contributed by atoms with Crippen molar-refractivity contribution >= 4 is 12.1 Å². The quantitative estimate of drug-likeness (QED) is 0.711. The number of carbonyl (C=O) groups is 1. The highest BCUT2D eigenvalue weighted by Crippen LogP contribution is 2.18. The van der Waals surface area contributed by atoms with Crippen molar-refractivity contribution in [3.63, 3.8) is 0 Å². The van der Waals surface area contributed by atoms with E-state index in [4.69, 9.17) is 0 Å². The molecule has 1 aromatic rings. The van der Waals surface area contributed by atoms with Crippen LogP contribution in [0.5, 0.6) is 0 Å². The maximum atomic E-state index is 13.0. The first-order valence-electron chi connectivity index (χ1n) is 6.18. The van der Waals surface area contributed by atoms with Gasteiger partial charge in [0.1, 0.15) is 5.82 Å². The van der Waals surface area contributed by atoms with Gasteiger partial charge in [0.25, 0.3) is 0 Å². The summed E-state index contributed by atoms with van der Waals surface area (Å²) in [5, 5.41) is 0. The van der Waals surface area contributed by atoms with E-state index >= 15 is 0 Å². The molecule has 0 spiro atoms. The van der Waals surface area contributed by atoms with E-state index in [2.05, 4.69) is 6.92 Å². The highest BCUT2D eigenvalue weighted by atomic mass is 19.1. The lowest BCUT2D eigenvalue weighted by molar-refractivity contribution is -0.107. The van der Waals surface area contributed by atoms with Gasteiger partial charge in [-0.15, -0.1) is 0 Å². The molecule has 17 heavy (non-hydrogen) atoms. The summed E-state index contributed by atoms with van der Waals surface area (Å²) >= 11 is 0. The molecular weight excluding hydrogens is 217 g/mol. The Bertz CT molecular complexity index is 328. The Kier molecular flexibility index (Phi) is 8.03. The average molecular weight is 239 g/mol. The van der Waals surface area contributed by atoms with Gasteiger partial charge in [0.2, 0.25) is 6.41 Å². The maximum Gasteiger partial charge on any atom is 0.214 e. The molecule has 0 fully saturated rings.